The van der Waals surface area contributed by atoms with Crippen molar-refractivity contribution in [3.8, 4) is 0 Å². The van der Waals surface area contributed by atoms with E-state index in [2.05, 4.69) is 13.8 Å². The Hall–Kier alpha value is -0.860. The zero-order valence-electron chi connectivity index (χ0n) is 15.5. The first-order valence-electron chi connectivity index (χ1n) is 10.0. The smallest absolute Gasteiger partial charge is 0.303 e. The van der Waals surface area contributed by atoms with Gasteiger partial charge in [-0.3, -0.25) is 9.59 Å². The number of hydrogen-bond acceptors (Lipinski definition) is 3. The first-order chi connectivity index (χ1) is 11.3. The monoisotopic (exact) mass is 332 g/mol. The van der Waals surface area contributed by atoms with Crippen molar-refractivity contribution in [3.63, 3.8) is 0 Å². The van der Waals surface area contributed by atoms with Gasteiger partial charge in [0.2, 0.25) is 0 Å². The van der Waals surface area contributed by atoms with Gasteiger partial charge in [-0.25, -0.2) is 0 Å². The van der Waals surface area contributed by atoms with Crippen molar-refractivity contribution in [3.05, 3.63) is 0 Å². The van der Waals surface area contributed by atoms with Crippen molar-refractivity contribution in [1.82, 2.24) is 0 Å². The van der Waals surface area contributed by atoms with E-state index < -0.39 is 6.10 Å². The number of hydrogen-bond donors (Lipinski definition) is 0. The minimum atomic E-state index is -0.487. The van der Waals surface area contributed by atoms with Gasteiger partial charge in [-0.1, -0.05) is 20.3 Å². The van der Waals surface area contributed by atoms with Gasteiger partial charge >= 0.3 is 5.97 Å². The van der Waals surface area contributed by atoms with Crippen molar-refractivity contribution in [1.29, 1.82) is 0 Å². The Morgan fingerprint density at radius 3 is 2.62 bits per heavy atom. The van der Waals surface area contributed by atoms with Gasteiger partial charge in [0.1, 0.15) is 0 Å². The van der Waals surface area contributed by atoms with E-state index in [1.807, 2.05) is 0 Å². The molecule has 0 saturated heterocycles. The number of Topliss-reactive ketones (excluding diaryl/α,β-unsaturated/α-hetero) is 1. The standard InChI is InChI=1S/C21H32O3/c1-13(22)24-19-12-21(3)14(11-18(19)23)6-7-15-16-5-4-9-20(16,2)10-8-17(15)21/h14-17,19H,4-12H2,1-3H3/t14-,15-,16-,17-,19+,20-,21-/m0/s1. The zero-order chi connectivity index (χ0) is 17.1. The van der Waals surface area contributed by atoms with Gasteiger partial charge < -0.3 is 4.74 Å². The molecule has 0 heterocycles. The van der Waals surface area contributed by atoms with Crippen LogP contribution >= 0.6 is 0 Å². The highest BCUT2D eigenvalue weighted by atomic mass is 16.5. The van der Waals surface area contributed by atoms with E-state index in [1.165, 1.54) is 51.9 Å². The lowest BCUT2D eigenvalue weighted by molar-refractivity contribution is -0.170. The number of carbonyl (C=O) groups is 2. The lowest BCUT2D eigenvalue weighted by Gasteiger charge is -2.60. The largest absolute Gasteiger partial charge is 0.455 e. The summed E-state index contributed by atoms with van der Waals surface area (Å²) in [7, 11) is 0. The molecule has 4 saturated carbocycles. The average molecular weight is 332 g/mol. The number of carbonyl (C=O) groups excluding carboxylic acids is 2. The highest BCUT2D eigenvalue weighted by Crippen LogP contribution is 2.66. The predicted octanol–water partition coefficient (Wildman–Crippen LogP) is 4.53. The van der Waals surface area contributed by atoms with Gasteiger partial charge in [0.15, 0.2) is 11.9 Å². The van der Waals surface area contributed by atoms with Crippen LogP contribution in [-0.4, -0.2) is 17.9 Å². The van der Waals surface area contributed by atoms with Gasteiger partial charge in [0.05, 0.1) is 0 Å². The maximum atomic E-state index is 12.4. The van der Waals surface area contributed by atoms with Crippen LogP contribution in [0.5, 0.6) is 0 Å². The van der Waals surface area contributed by atoms with Gasteiger partial charge in [-0.15, -0.1) is 0 Å². The molecule has 3 heteroatoms. The van der Waals surface area contributed by atoms with Crippen LogP contribution in [0.1, 0.15) is 78.6 Å². The molecule has 4 fully saturated rings. The fourth-order valence-corrected chi connectivity index (χ4v) is 7.38. The second-order valence-electron chi connectivity index (χ2n) is 9.71. The number of ether oxygens (including phenoxy) is 1. The van der Waals surface area contributed by atoms with Crippen LogP contribution < -0.4 is 0 Å². The Morgan fingerprint density at radius 2 is 1.88 bits per heavy atom. The molecule has 4 aliphatic rings. The summed E-state index contributed by atoms with van der Waals surface area (Å²) in [5.41, 5.74) is 0.755. The molecule has 0 radical (unpaired) electrons. The Labute approximate surface area is 145 Å². The van der Waals surface area contributed by atoms with E-state index in [4.69, 9.17) is 4.74 Å². The predicted molar refractivity (Wildman–Crippen MR) is 92.3 cm³/mol. The minimum Gasteiger partial charge on any atom is -0.455 e. The van der Waals surface area contributed by atoms with Crippen LogP contribution in [-0.2, 0) is 14.3 Å². The molecule has 3 nitrogen and oxygen atoms in total. The molecule has 0 unspecified atom stereocenters. The molecule has 134 valence electrons. The second kappa shape index (κ2) is 5.57. The Bertz CT molecular complexity index is 555. The van der Waals surface area contributed by atoms with Gasteiger partial charge in [-0.05, 0) is 79.4 Å². The van der Waals surface area contributed by atoms with E-state index in [1.54, 1.807) is 0 Å². The molecular weight excluding hydrogens is 300 g/mol. The van der Waals surface area contributed by atoms with Crippen LogP contribution in [0.3, 0.4) is 0 Å². The molecule has 0 aromatic carbocycles. The van der Waals surface area contributed by atoms with Crippen LogP contribution in [0.15, 0.2) is 0 Å². The van der Waals surface area contributed by atoms with Gasteiger partial charge in [0, 0.05) is 13.3 Å². The fraction of sp³-hybridized carbons (Fsp3) is 0.905. The molecule has 0 N–H and O–H groups in total. The number of rotatable bonds is 1. The molecule has 0 aliphatic heterocycles. The fourth-order valence-electron chi connectivity index (χ4n) is 7.38. The van der Waals surface area contributed by atoms with Crippen LogP contribution in [0.25, 0.3) is 0 Å². The van der Waals surface area contributed by atoms with Gasteiger partial charge in [-0.2, -0.15) is 0 Å². The molecule has 0 spiro atoms. The van der Waals surface area contributed by atoms with Crippen molar-refractivity contribution >= 4 is 11.8 Å². The molecule has 0 amide bonds. The summed E-state index contributed by atoms with van der Waals surface area (Å²) in [5.74, 6) is 2.79. The number of ketones is 1. The third kappa shape index (κ3) is 2.37. The molecule has 4 rings (SSSR count). The van der Waals surface area contributed by atoms with Crippen LogP contribution in [0.2, 0.25) is 0 Å². The highest BCUT2D eigenvalue weighted by molar-refractivity contribution is 5.86. The van der Waals surface area contributed by atoms with E-state index in [0.29, 0.717) is 17.8 Å². The molecule has 7 atom stereocenters. The molecule has 0 aromatic rings. The molecule has 4 aliphatic carbocycles. The summed E-state index contributed by atoms with van der Waals surface area (Å²) in [6.07, 6.45) is 10.3. The number of esters is 1. The maximum Gasteiger partial charge on any atom is 0.303 e. The first kappa shape index (κ1) is 16.6. The molecule has 0 aromatic heterocycles. The summed E-state index contributed by atoms with van der Waals surface area (Å²) >= 11 is 0. The van der Waals surface area contributed by atoms with E-state index in [-0.39, 0.29) is 17.2 Å². The third-order valence-electron chi connectivity index (χ3n) is 8.59. The number of fused-ring (bicyclic) bond motifs is 5. The molecular formula is C21H32O3. The van der Waals surface area contributed by atoms with Crippen molar-refractivity contribution in [2.45, 2.75) is 84.7 Å². The summed E-state index contributed by atoms with van der Waals surface area (Å²) in [6.45, 7) is 6.37. The summed E-state index contributed by atoms with van der Waals surface area (Å²) in [5, 5.41) is 0. The second-order valence-corrected chi connectivity index (χ2v) is 9.71. The third-order valence-corrected chi connectivity index (χ3v) is 8.59. The zero-order valence-corrected chi connectivity index (χ0v) is 15.5. The van der Waals surface area contributed by atoms with E-state index in [0.717, 1.165) is 24.2 Å². The Balaban J connectivity index is 1.61. The maximum absolute atomic E-state index is 12.4. The first-order valence-corrected chi connectivity index (χ1v) is 10.0. The lowest BCUT2D eigenvalue weighted by atomic mass is 9.45. The van der Waals surface area contributed by atoms with Crippen molar-refractivity contribution < 1.29 is 14.3 Å². The van der Waals surface area contributed by atoms with Crippen molar-refractivity contribution in [2.24, 2.45) is 34.5 Å². The van der Waals surface area contributed by atoms with Crippen molar-refractivity contribution in [2.75, 3.05) is 0 Å². The normalized spacial score (nSPS) is 50.6. The SMILES string of the molecule is CC(=O)O[C@@H]1C[C@@]2(C)[C@@H](CC[C@H]3[C@@H]4CCC[C@@]4(C)CC[C@@H]32)CC1=O. The topological polar surface area (TPSA) is 43.4 Å². The minimum absolute atomic E-state index is 0.160. The highest BCUT2D eigenvalue weighted by Gasteiger charge is 2.59. The summed E-state index contributed by atoms with van der Waals surface area (Å²) < 4.78 is 5.42. The lowest BCUT2D eigenvalue weighted by Crippen LogP contribution is -2.55. The molecule has 24 heavy (non-hydrogen) atoms. The Kier molecular flexibility index (Phi) is 3.85. The summed E-state index contributed by atoms with van der Waals surface area (Å²) in [6, 6.07) is 0. The van der Waals surface area contributed by atoms with Gasteiger partial charge in [0.25, 0.3) is 0 Å². The average Bonchev–Trinajstić information content (AvgIpc) is 2.90. The summed E-state index contributed by atoms with van der Waals surface area (Å²) in [4.78, 5) is 23.9. The Morgan fingerprint density at radius 1 is 1.08 bits per heavy atom. The van der Waals surface area contributed by atoms with Crippen LogP contribution in [0.4, 0.5) is 0 Å². The van der Waals surface area contributed by atoms with E-state index in [9.17, 15) is 9.59 Å². The quantitative estimate of drug-likeness (QED) is 0.663. The van der Waals surface area contributed by atoms with E-state index >= 15 is 0 Å². The molecule has 0 bridgehead atoms. The van der Waals surface area contributed by atoms with Crippen LogP contribution in [0, 0.1) is 34.5 Å².